The number of hydrogen-bond acceptors (Lipinski definition) is 2. The molecule has 0 bridgehead atoms. The fraction of sp³-hybridized carbons (Fsp3) is 0.545. The van der Waals surface area contributed by atoms with Crippen LogP contribution in [0.5, 0.6) is 0 Å². The van der Waals surface area contributed by atoms with E-state index < -0.39 is 0 Å². The molecule has 1 heterocycles. The van der Waals surface area contributed by atoms with Gasteiger partial charge in [0.2, 0.25) is 0 Å². The van der Waals surface area contributed by atoms with Crippen LogP contribution in [-0.4, -0.2) is 17.6 Å². The summed E-state index contributed by atoms with van der Waals surface area (Å²) >= 11 is 0. The van der Waals surface area contributed by atoms with Gasteiger partial charge in [-0.2, -0.15) is 0 Å². The van der Waals surface area contributed by atoms with E-state index in [2.05, 4.69) is 25.8 Å². The molecule has 0 amide bonds. The highest BCUT2D eigenvalue weighted by molar-refractivity contribution is 5.87. The maximum Gasteiger partial charge on any atom is 0.354 e. The standard InChI is InChI=1S/C11H17NO2/c1-5-14-10(13)9-6-8(7-12-9)11(2,3)4/h6-7,12H,5H2,1-4H3. The van der Waals surface area contributed by atoms with E-state index in [1.807, 2.05) is 12.3 Å². The van der Waals surface area contributed by atoms with Crippen molar-refractivity contribution in [2.24, 2.45) is 0 Å². The molecule has 0 saturated heterocycles. The van der Waals surface area contributed by atoms with Gasteiger partial charge in [-0.05, 0) is 24.0 Å². The van der Waals surface area contributed by atoms with Gasteiger partial charge in [0.1, 0.15) is 5.69 Å². The molecule has 0 aliphatic heterocycles. The highest BCUT2D eigenvalue weighted by atomic mass is 16.5. The van der Waals surface area contributed by atoms with Crippen molar-refractivity contribution in [2.75, 3.05) is 6.61 Å². The van der Waals surface area contributed by atoms with Crippen LogP contribution in [-0.2, 0) is 10.2 Å². The number of carbonyl (C=O) groups is 1. The number of rotatable bonds is 2. The first-order valence-electron chi connectivity index (χ1n) is 4.81. The zero-order valence-electron chi connectivity index (χ0n) is 9.18. The van der Waals surface area contributed by atoms with Gasteiger partial charge in [-0.25, -0.2) is 4.79 Å². The molecule has 1 rings (SSSR count). The van der Waals surface area contributed by atoms with E-state index in [1.165, 1.54) is 0 Å². The molecule has 0 aliphatic rings. The summed E-state index contributed by atoms with van der Waals surface area (Å²) in [6, 6.07) is 1.85. The molecule has 3 heteroatoms. The van der Waals surface area contributed by atoms with E-state index in [4.69, 9.17) is 4.74 Å². The lowest BCUT2D eigenvalue weighted by molar-refractivity contribution is 0.0520. The van der Waals surface area contributed by atoms with Gasteiger partial charge in [-0.3, -0.25) is 0 Å². The van der Waals surface area contributed by atoms with Crippen molar-refractivity contribution in [3.05, 3.63) is 23.5 Å². The van der Waals surface area contributed by atoms with Gasteiger partial charge in [0.25, 0.3) is 0 Å². The molecule has 0 saturated carbocycles. The fourth-order valence-electron chi connectivity index (χ4n) is 1.15. The lowest BCUT2D eigenvalue weighted by atomic mass is 9.89. The van der Waals surface area contributed by atoms with Gasteiger partial charge < -0.3 is 9.72 Å². The summed E-state index contributed by atoms with van der Waals surface area (Å²) in [5.74, 6) is -0.289. The monoisotopic (exact) mass is 195 g/mol. The summed E-state index contributed by atoms with van der Waals surface area (Å²) in [4.78, 5) is 14.3. The third kappa shape index (κ3) is 2.37. The zero-order valence-corrected chi connectivity index (χ0v) is 9.18. The van der Waals surface area contributed by atoms with Crippen molar-refractivity contribution in [1.29, 1.82) is 0 Å². The van der Waals surface area contributed by atoms with E-state index >= 15 is 0 Å². The Bertz CT molecular complexity index is 320. The Morgan fingerprint density at radius 1 is 1.50 bits per heavy atom. The van der Waals surface area contributed by atoms with E-state index in [0.29, 0.717) is 12.3 Å². The van der Waals surface area contributed by atoms with Gasteiger partial charge in [-0.15, -0.1) is 0 Å². The Morgan fingerprint density at radius 2 is 2.14 bits per heavy atom. The molecule has 78 valence electrons. The predicted octanol–water partition coefficient (Wildman–Crippen LogP) is 2.49. The number of H-pyrrole nitrogens is 1. The van der Waals surface area contributed by atoms with Crippen LogP contribution in [0.3, 0.4) is 0 Å². The fourth-order valence-corrected chi connectivity index (χ4v) is 1.15. The van der Waals surface area contributed by atoms with E-state index in [-0.39, 0.29) is 11.4 Å². The summed E-state index contributed by atoms with van der Waals surface area (Å²) in [6.45, 7) is 8.51. The maximum atomic E-state index is 11.3. The summed E-state index contributed by atoms with van der Waals surface area (Å²) in [5.41, 5.74) is 1.69. The Balaban J connectivity index is 2.83. The normalized spacial score (nSPS) is 11.4. The minimum Gasteiger partial charge on any atom is -0.461 e. The number of ether oxygens (including phenoxy) is 1. The molecule has 1 N–H and O–H groups in total. The van der Waals surface area contributed by atoms with Gasteiger partial charge in [-0.1, -0.05) is 20.8 Å². The maximum absolute atomic E-state index is 11.3. The molecule has 0 aromatic carbocycles. The molecule has 0 unspecified atom stereocenters. The minimum absolute atomic E-state index is 0.0568. The van der Waals surface area contributed by atoms with Gasteiger partial charge >= 0.3 is 5.97 Å². The first-order chi connectivity index (χ1) is 6.45. The summed E-state index contributed by atoms with van der Waals surface area (Å²) in [6.07, 6.45) is 1.85. The van der Waals surface area contributed by atoms with Crippen molar-refractivity contribution in [1.82, 2.24) is 4.98 Å². The topological polar surface area (TPSA) is 42.1 Å². The van der Waals surface area contributed by atoms with Crippen molar-refractivity contribution in [3.63, 3.8) is 0 Å². The Hall–Kier alpha value is -1.25. The largest absolute Gasteiger partial charge is 0.461 e. The Kier molecular flexibility index (Phi) is 2.99. The second-order valence-electron chi connectivity index (χ2n) is 4.27. The van der Waals surface area contributed by atoms with Crippen LogP contribution in [0.2, 0.25) is 0 Å². The number of aromatic nitrogens is 1. The molecule has 1 aromatic heterocycles. The first-order valence-corrected chi connectivity index (χ1v) is 4.81. The van der Waals surface area contributed by atoms with Crippen LogP contribution < -0.4 is 0 Å². The van der Waals surface area contributed by atoms with Crippen LogP contribution in [0.1, 0.15) is 43.7 Å². The molecule has 3 nitrogen and oxygen atoms in total. The molecule has 0 spiro atoms. The number of aromatic amines is 1. The summed E-state index contributed by atoms with van der Waals surface area (Å²) in [5, 5.41) is 0. The van der Waals surface area contributed by atoms with Crippen LogP contribution >= 0.6 is 0 Å². The third-order valence-corrected chi connectivity index (χ3v) is 2.04. The van der Waals surface area contributed by atoms with Crippen LogP contribution in [0.15, 0.2) is 12.3 Å². The average molecular weight is 195 g/mol. The van der Waals surface area contributed by atoms with Crippen LogP contribution in [0, 0.1) is 0 Å². The summed E-state index contributed by atoms with van der Waals surface area (Å²) < 4.78 is 4.88. The molecule has 0 atom stereocenters. The zero-order chi connectivity index (χ0) is 10.8. The summed E-state index contributed by atoms with van der Waals surface area (Å²) in [7, 11) is 0. The quantitative estimate of drug-likeness (QED) is 0.737. The Labute approximate surface area is 84.5 Å². The first kappa shape index (κ1) is 10.8. The second kappa shape index (κ2) is 3.86. The highest BCUT2D eigenvalue weighted by Crippen LogP contribution is 2.22. The SMILES string of the molecule is CCOC(=O)c1cc(C(C)(C)C)c[nH]1. The van der Waals surface area contributed by atoms with Crippen molar-refractivity contribution in [3.8, 4) is 0 Å². The molecular weight excluding hydrogens is 178 g/mol. The lowest BCUT2D eigenvalue weighted by Crippen LogP contribution is -2.09. The van der Waals surface area contributed by atoms with Gasteiger partial charge in [0.15, 0.2) is 0 Å². The van der Waals surface area contributed by atoms with Crippen LogP contribution in [0.25, 0.3) is 0 Å². The average Bonchev–Trinajstić information content (AvgIpc) is 2.51. The molecule has 0 fully saturated rings. The van der Waals surface area contributed by atoms with Crippen molar-refractivity contribution >= 4 is 5.97 Å². The number of carbonyl (C=O) groups excluding carboxylic acids is 1. The second-order valence-corrected chi connectivity index (χ2v) is 4.27. The van der Waals surface area contributed by atoms with Gasteiger partial charge in [0, 0.05) is 6.20 Å². The van der Waals surface area contributed by atoms with E-state index in [9.17, 15) is 4.79 Å². The van der Waals surface area contributed by atoms with Crippen molar-refractivity contribution < 1.29 is 9.53 Å². The smallest absolute Gasteiger partial charge is 0.354 e. The molecule has 0 radical (unpaired) electrons. The van der Waals surface area contributed by atoms with Gasteiger partial charge in [0.05, 0.1) is 6.61 Å². The number of esters is 1. The van der Waals surface area contributed by atoms with Crippen molar-refractivity contribution in [2.45, 2.75) is 33.1 Å². The Morgan fingerprint density at radius 3 is 2.57 bits per heavy atom. The molecule has 1 aromatic rings. The molecule has 0 aliphatic carbocycles. The van der Waals surface area contributed by atoms with E-state index in [1.54, 1.807) is 6.92 Å². The number of hydrogen-bond donors (Lipinski definition) is 1. The lowest BCUT2D eigenvalue weighted by Gasteiger charge is -2.15. The highest BCUT2D eigenvalue weighted by Gasteiger charge is 2.17. The minimum atomic E-state index is -0.289. The molecule has 14 heavy (non-hydrogen) atoms. The van der Waals surface area contributed by atoms with Crippen LogP contribution in [0.4, 0.5) is 0 Å². The molecular formula is C11H17NO2. The number of nitrogens with one attached hydrogen (secondary N) is 1. The third-order valence-electron chi connectivity index (χ3n) is 2.04. The predicted molar refractivity (Wildman–Crippen MR) is 55.4 cm³/mol. The van der Waals surface area contributed by atoms with E-state index in [0.717, 1.165) is 5.56 Å².